The van der Waals surface area contributed by atoms with Crippen LogP contribution in [0.5, 0.6) is 5.75 Å². The van der Waals surface area contributed by atoms with Crippen molar-refractivity contribution in [1.29, 1.82) is 0 Å². The van der Waals surface area contributed by atoms with Crippen molar-refractivity contribution in [3.05, 3.63) is 60.0 Å². The summed E-state index contributed by atoms with van der Waals surface area (Å²) < 4.78 is 36.8. The molecule has 2 aliphatic heterocycles. The van der Waals surface area contributed by atoms with Crippen LogP contribution in [0.1, 0.15) is 6.42 Å². The molecule has 1 aromatic carbocycles. The maximum atomic E-state index is 12.3. The van der Waals surface area contributed by atoms with Gasteiger partial charge in [-0.15, -0.1) is 0 Å². The molecule has 1 saturated heterocycles. The molecule has 0 bridgehead atoms. The summed E-state index contributed by atoms with van der Waals surface area (Å²) in [5.74, 6) is -0.276. The molecule has 0 saturated carbocycles. The fraction of sp³-hybridized carbons (Fsp3) is 0.250. The van der Waals surface area contributed by atoms with Crippen molar-refractivity contribution in [2.24, 2.45) is 0 Å². The molecule has 0 radical (unpaired) electrons. The summed E-state index contributed by atoms with van der Waals surface area (Å²) in [6.45, 7) is 0.307. The van der Waals surface area contributed by atoms with Crippen LogP contribution in [0.25, 0.3) is 0 Å². The van der Waals surface area contributed by atoms with Crippen molar-refractivity contribution in [1.82, 2.24) is 9.80 Å². The Morgan fingerprint density at radius 2 is 1.68 bits per heavy atom. The Morgan fingerprint density at radius 1 is 1.06 bits per heavy atom. The van der Waals surface area contributed by atoms with E-state index in [0.717, 1.165) is 5.69 Å². The number of benzene rings is 1. The molecule has 11 heteroatoms. The summed E-state index contributed by atoms with van der Waals surface area (Å²) in [4.78, 5) is 28.9. The summed E-state index contributed by atoms with van der Waals surface area (Å²) in [5.41, 5.74) is 0.749. The minimum Gasteiger partial charge on any atom is -0.439 e. The Morgan fingerprint density at radius 3 is 2.32 bits per heavy atom. The topological polar surface area (TPSA) is 107 Å². The molecule has 0 spiro atoms. The molecule has 0 unspecified atom stereocenters. The van der Waals surface area contributed by atoms with E-state index in [1.807, 2.05) is 18.2 Å². The number of carbonyl (C=O) groups excluding carboxylic acids is 2. The molecule has 9 nitrogen and oxygen atoms in total. The Hall–Kier alpha value is -3.02. The highest BCUT2D eigenvalue weighted by atomic mass is 32.2. The zero-order chi connectivity index (χ0) is 22.8. The van der Waals surface area contributed by atoms with E-state index in [-0.39, 0.29) is 22.9 Å². The molecule has 3 rings (SSSR count). The van der Waals surface area contributed by atoms with Gasteiger partial charge in [0.2, 0.25) is 5.88 Å². The first-order valence-electron chi connectivity index (χ1n) is 9.28. The van der Waals surface area contributed by atoms with Crippen LogP contribution in [0.4, 0.5) is 5.69 Å². The zero-order valence-electron chi connectivity index (χ0n) is 16.9. The SMILES string of the molecule is CN1C(=O)C(=C/C=C/C=C2/Oc3ccccc3N2CCCS(=O)(=O)O)C(=O)N(C)C1=S. The van der Waals surface area contributed by atoms with Crippen LogP contribution in [0.3, 0.4) is 0 Å². The number of carbonyl (C=O) groups is 2. The predicted octanol–water partition coefficient (Wildman–Crippen LogP) is 1.70. The lowest BCUT2D eigenvalue weighted by Crippen LogP contribution is -2.52. The van der Waals surface area contributed by atoms with Gasteiger partial charge in [-0.25, -0.2) is 0 Å². The first-order chi connectivity index (χ1) is 14.6. The van der Waals surface area contributed by atoms with Crippen molar-refractivity contribution >= 4 is 45.0 Å². The number of ether oxygens (including phenoxy) is 1. The van der Waals surface area contributed by atoms with E-state index in [4.69, 9.17) is 21.5 Å². The van der Waals surface area contributed by atoms with Crippen molar-refractivity contribution in [3.63, 3.8) is 0 Å². The van der Waals surface area contributed by atoms with Gasteiger partial charge < -0.3 is 9.64 Å². The molecule has 2 aliphatic rings. The van der Waals surface area contributed by atoms with Gasteiger partial charge in [-0.3, -0.25) is 23.9 Å². The van der Waals surface area contributed by atoms with E-state index in [1.54, 1.807) is 23.1 Å². The lowest BCUT2D eigenvalue weighted by Gasteiger charge is -2.31. The largest absolute Gasteiger partial charge is 0.439 e. The van der Waals surface area contributed by atoms with Crippen LogP contribution in [-0.2, 0) is 19.7 Å². The van der Waals surface area contributed by atoms with E-state index in [0.29, 0.717) is 18.2 Å². The highest BCUT2D eigenvalue weighted by Crippen LogP contribution is 2.38. The van der Waals surface area contributed by atoms with E-state index in [2.05, 4.69) is 0 Å². The molecule has 1 fully saturated rings. The van der Waals surface area contributed by atoms with Gasteiger partial charge in [-0.1, -0.05) is 24.3 Å². The molecule has 2 amide bonds. The molecular formula is C20H21N3O6S2. The van der Waals surface area contributed by atoms with Gasteiger partial charge >= 0.3 is 0 Å². The molecule has 0 atom stereocenters. The minimum atomic E-state index is -4.06. The van der Waals surface area contributed by atoms with Gasteiger partial charge in [0.1, 0.15) is 5.57 Å². The fourth-order valence-electron chi connectivity index (χ4n) is 3.10. The van der Waals surface area contributed by atoms with Gasteiger partial charge in [0.25, 0.3) is 21.9 Å². The average molecular weight is 464 g/mol. The minimum absolute atomic E-state index is 0.0196. The Bertz CT molecular complexity index is 1100. The number of rotatable bonds is 6. The molecule has 0 aliphatic carbocycles. The first kappa shape index (κ1) is 22.7. The standard InChI is InChI=1S/C20H21N3O6S2/c1-21-18(24)14(19(25)22(2)20(21)30)8-3-6-11-17-23(12-7-13-31(26,27)28)15-9-4-5-10-16(15)29-17/h3-6,8-11H,7,12-13H2,1-2H3,(H,26,27,28)/b6-3+,17-11+. The Kier molecular flexibility index (Phi) is 6.58. The van der Waals surface area contributed by atoms with E-state index in [9.17, 15) is 18.0 Å². The van der Waals surface area contributed by atoms with Crippen LogP contribution in [0.2, 0.25) is 0 Å². The molecule has 1 N–H and O–H groups in total. The highest BCUT2D eigenvalue weighted by molar-refractivity contribution is 7.85. The number of amides is 2. The van der Waals surface area contributed by atoms with Crippen LogP contribution < -0.4 is 9.64 Å². The third kappa shape index (κ3) is 5.01. The van der Waals surface area contributed by atoms with Crippen LogP contribution in [0.15, 0.2) is 60.0 Å². The quantitative estimate of drug-likeness (QED) is 0.294. The van der Waals surface area contributed by atoms with Crippen LogP contribution >= 0.6 is 12.2 Å². The molecule has 164 valence electrons. The molecule has 1 aromatic rings. The first-order valence-corrected chi connectivity index (χ1v) is 11.3. The van der Waals surface area contributed by atoms with Crippen molar-refractivity contribution in [2.75, 3.05) is 31.3 Å². The third-order valence-corrected chi connectivity index (χ3v) is 6.03. The van der Waals surface area contributed by atoms with Gasteiger partial charge in [0.05, 0.1) is 11.4 Å². The number of thiocarbonyl (C=S) groups is 1. The van der Waals surface area contributed by atoms with Crippen LogP contribution in [0, 0.1) is 0 Å². The lowest BCUT2D eigenvalue weighted by atomic mass is 10.1. The summed E-state index contributed by atoms with van der Waals surface area (Å²) in [7, 11) is -1.05. The zero-order valence-corrected chi connectivity index (χ0v) is 18.5. The smallest absolute Gasteiger partial charge is 0.265 e. The number of para-hydroxylation sites is 2. The molecule has 31 heavy (non-hydrogen) atoms. The molecule has 0 aromatic heterocycles. The predicted molar refractivity (Wildman–Crippen MR) is 119 cm³/mol. The van der Waals surface area contributed by atoms with E-state index < -0.39 is 21.9 Å². The number of anilines is 1. The van der Waals surface area contributed by atoms with Gasteiger partial charge in [0, 0.05) is 20.6 Å². The second-order valence-corrected chi connectivity index (χ2v) is 8.78. The second-order valence-electron chi connectivity index (χ2n) is 6.84. The number of hydrogen-bond acceptors (Lipinski definition) is 7. The lowest BCUT2D eigenvalue weighted by molar-refractivity contribution is -0.132. The number of likely N-dealkylation sites (N-methyl/N-ethyl adjacent to an activating group) is 2. The maximum Gasteiger partial charge on any atom is 0.265 e. The van der Waals surface area contributed by atoms with E-state index in [1.165, 1.54) is 36.0 Å². The maximum absolute atomic E-state index is 12.3. The number of allylic oxidation sites excluding steroid dienone is 4. The van der Waals surface area contributed by atoms with Crippen molar-refractivity contribution in [3.8, 4) is 5.75 Å². The Labute approximate surface area is 185 Å². The van der Waals surface area contributed by atoms with Crippen molar-refractivity contribution in [2.45, 2.75) is 6.42 Å². The summed E-state index contributed by atoms with van der Waals surface area (Å²) in [5, 5.41) is 0.135. The molecule has 2 heterocycles. The van der Waals surface area contributed by atoms with Gasteiger partial charge in [0.15, 0.2) is 10.9 Å². The number of fused-ring (bicyclic) bond motifs is 1. The van der Waals surface area contributed by atoms with Gasteiger partial charge in [-0.05, 0) is 42.9 Å². The normalized spacial score (nSPS) is 18.3. The second kappa shape index (κ2) is 9.00. The highest BCUT2D eigenvalue weighted by Gasteiger charge is 2.34. The summed E-state index contributed by atoms with van der Waals surface area (Å²) >= 11 is 5.05. The Balaban J connectivity index is 1.79. The van der Waals surface area contributed by atoms with Crippen molar-refractivity contribution < 1.29 is 27.3 Å². The molecular weight excluding hydrogens is 442 g/mol. The number of nitrogens with zero attached hydrogens (tertiary/aromatic N) is 3. The van der Waals surface area contributed by atoms with E-state index >= 15 is 0 Å². The number of hydrogen-bond donors (Lipinski definition) is 1. The van der Waals surface area contributed by atoms with Crippen LogP contribution in [-0.4, -0.2) is 66.1 Å². The summed E-state index contributed by atoms with van der Waals surface area (Å²) in [6.07, 6.45) is 6.39. The van der Waals surface area contributed by atoms with Gasteiger partial charge in [-0.2, -0.15) is 8.42 Å². The average Bonchev–Trinajstić information content (AvgIpc) is 3.07. The fourth-order valence-corrected chi connectivity index (χ4v) is 3.76. The monoisotopic (exact) mass is 463 g/mol. The summed E-state index contributed by atoms with van der Waals surface area (Å²) in [6, 6.07) is 7.27. The third-order valence-electron chi connectivity index (χ3n) is 4.68.